The monoisotopic (exact) mass is 534 g/mol. The van der Waals surface area contributed by atoms with Crippen LogP contribution in [-0.2, 0) is 9.47 Å². The summed E-state index contributed by atoms with van der Waals surface area (Å²) < 4.78 is 55.4. The number of pyridine rings is 1. The average Bonchev–Trinajstić information content (AvgIpc) is 3.57. The predicted molar refractivity (Wildman–Crippen MR) is 137 cm³/mol. The number of ether oxygens (including phenoxy) is 3. The van der Waals surface area contributed by atoms with Crippen molar-refractivity contribution in [1.29, 1.82) is 0 Å². The molecule has 4 heterocycles. The van der Waals surface area contributed by atoms with Gasteiger partial charge >= 0.3 is 12.2 Å². The summed E-state index contributed by atoms with van der Waals surface area (Å²) in [6.07, 6.45) is -3.98. The second kappa shape index (κ2) is 11.4. The van der Waals surface area contributed by atoms with E-state index in [0.717, 1.165) is 42.0 Å². The Morgan fingerprint density at radius 2 is 1.92 bits per heavy atom. The summed E-state index contributed by atoms with van der Waals surface area (Å²) in [6, 6.07) is 9.13. The minimum atomic E-state index is -4.22. The number of amides is 2. The minimum absolute atomic E-state index is 0.0522. The Kier molecular flexibility index (Phi) is 7.94. The highest BCUT2D eigenvalue weighted by Gasteiger charge is 2.36. The molecule has 38 heavy (non-hydrogen) atoms. The van der Waals surface area contributed by atoms with Crippen LogP contribution in [0.1, 0.15) is 24.8 Å². The largest absolute Gasteiger partial charge is 0.472 e. The molecule has 5 rings (SSSR count). The Morgan fingerprint density at radius 1 is 1.11 bits per heavy atom. The number of anilines is 2. The summed E-state index contributed by atoms with van der Waals surface area (Å²) in [6.45, 7) is 6.29. The molecule has 0 saturated carbocycles. The number of morpholine rings is 1. The van der Waals surface area contributed by atoms with Crippen molar-refractivity contribution in [3.05, 3.63) is 35.9 Å². The third-order valence-corrected chi connectivity index (χ3v) is 7.19. The van der Waals surface area contributed by atoms with E-state index in [1.165, 1.54) is 4.90 Å². The zero-order valence-corrected chi connectivity index (χ0v) is 21.4. The van der Waals surface area contributed by atoms with Crippen molar-refractivity contribution in [2.75, 3.05) is 62.8 Å². The predicted octanol–water partition coefficient (Wildman–Crippen LogP) is 4.87. The highest BCUT2D eigenvalue weighted by molar-refractivity contribution is 5.90. The molecule has 0 spiro atoms. The first-order valence-corrected chi connectivity index (χ1v) is 13.1. The Hall–Kier alpha value is -3.05. The van der Waals surface area contributed by atoms with Crippen LogP contribution in [0, 0.1) is 12.8 Å². The molecule has 0 aliphatic carbocycles. The van der Waals surface area contributed by atoms with Gasteiger partial charge in [-0.25, -0.2) is 4.79 Å². The number of hydrogen-bond donors (Lipinski definition) is 1. The second-order valence-electron chi connectivity index (χ2n) is 10.1. The summed E-state index contributed by atoms with van der Waals surface area (Å²) in [7, 11) is 0. The summed E-state index contributed by atoms with van der Waals surface area (Å²) in [5, 5.41) is 2.87. The highest BCUT2D eigenvalue weighted by atomic mass is 19.4. The highest BCUT2D eigenvalue weighted by Crippen LogP contribution is 2.34. The van der Waals surface area contributed by atoms with E-state index in [9.17, 15) is 18.0 Å². The van der Waals surface area contributed by atoms with Gasteiger partial charge in [-0.15, -0.1) is 0 Å². The average molecular weight is 535 g/mol. The molecule has 11 heteroatoms. The number of carbonyl (C=O) groups excluding carboxylic acids is 1. The molecule has 3 fully saturated rings. The Bertz CT molecular complexity index is 1130. The van der Waals surface area contributed by atoms with Gasteiger partial charge in [-0.3, -0.25) is 0 Å². The quantitative estimate of drug-likeness (QED) is 0.570. The second-order valence-corrected chi connectivity index (χ2v) is 10.1. The number of aromatic nitrogens is 1. The molecule has 8 nitrogen and oxygen atoms in total. The van der Waals surface area contributed by atoms with E-state index in [1.54, 1.807) is 6.07 Å². The van der Waals surface area contributed by atoms with Crippen molar-refractivity contribution < 1.29 is 32.2 Å². The Labute approximate surface area is 220 Å². The molecule has 3 aliphatic heterocycles. The first-order chi connectivity index (χ1) is 18.2. The van der Waals surface area contributed by atoms with E-state index >= 15 is 0 Å². The van der Waals surface area contributed by atoms with Crippen LogP contribution in [0.15, 0.2) is 30.3 Å². The third kappa shape index (κ3) is 6.68. The van der Waals surface area contributed by atoms with Crippen molar-refractivity contribution in [1.82, 2.24) is 9.88 Å². The summed E-state index contributed by atoms with van der Waals surface area (Å²) in [5.74, 6) is 0.746. The molecule has 206 valence electrons. The lowest BCUT2D eigenvalue weighted by Gasteiger charge is -2.28. The Morgan fingerprint density at radius 3 is 2.66 bits per heavy atom. The first kappa shape index (κ1) is 26.6. The molecular weight excluding hydrogens is 501 g/mol. The number of benzene rings is 1. The minimum Gasteiger partial charge on any atom is -0.472 e. The lowest BCUT2D eigenvalue weighted by molar-refractivity contribution is -0.143. The SMILES string of the molecule is Cc1ccc(NC(=O)N2CCC(CC(F)(F)F)C2)cc1-c1cc(O[C@@H]2CCOC2)nc(N2CCOCC2)c1. The number of rotatable bonds is 6. The summed E-state index contributed by atoms with van der Waals surface area (Å²) in [5.41, 5.74) is 3.38. The van der Waals surface area contributed by atoms with Crippen LogP contribution in [0.25, 0.3) is 11.1 Å². The van der Waals surface area contributed by atoms with Crippen molar-refractivity contribution in [2.45, 2.75) is 38.5 Å². The molecule has 2 amide bonds. The van der Waals surface area contributed by atoms with Crippen LogP contribution in [-0.4, -0.2) is 80.8 Å². The van der Waals surface area contributed by atoms with E-state index in [0.29, 0.717) is 51.0 Å². The zero-order chi connectivity index (χ0) is 26.7. The number of halogens is 3. The number of nitrogens with one attached hydrogen (secondary N) is 1. The molecule has 1 unspecified atom stereocenters. The number of likely N-dealkylation sites (tertiary alicyclic amines) is 1. The topological polar surface area (TPSA) is 76.2 Å². The summed E-state index contributed by atoms with van der Waals surface area (Å²) >= 11 is 0. The molecule has 3 saturated heterocycles. The van der Waals surface area contributed by atoms with Crippen LogP contribution in [0.5, 0.6) is 5.88 Å². The lowest BCUT2D eigenvalue weighted by Crippen LogP contribution is -2.36. The Balaban J connectivity index is 1.36. The van der Waals surface area contributed by atoms with E-state index < -0.39 is 24.5 Å². The fourth-order valence-electron chi connectivity index (χ4n) is 5.16. The number of aryl methyl sites for hydroxylation is 1. The van der Waals surface area contributed by atoms with E-state index in [4.69, 9.17) is 19.2 Å². The molecular formula is C27H33F3N4O4. The molecule has 1 aromatic carbocycles. The van der Waals surface area contributed by atoms with Gasteiger partial charge in [0.25, 0.3) is 0 Å². The van der Waals surface area contributed by atoms with Gasteiger partial charge in [-0.2, -0.15) is 18.2 Å². The van der Waals surface area contributed by atoms with Gasteiger partial charge in [0.15, 0.2) is 0 Å². The van der Waals surface area contributed by atoms with Crippen molar-refractivity contribution >= 4 is 17.5 Å². The van der Waals surface area contributed by atoms with Crippen LogP contribution in [0.2, 0.25) is 0 Å². The maximum Gasteiger partial charge on any atom is 0.389 e. The van der Waals surface area contributed by atoms with E-state index in [-0.39, 0.29) is 12.6 Å². The molecule has 2 atom stereocenters. The molecule has 3 aliphatic rings. The van der Waals surface area contributed by atoms with Crippen LogP contribution in [0.4, 0.5) is 29.5 Å². The van der Waals surface area contributed by atoms with Crippen LogP contribution < -0.4 is 15.0 Å². The van der Waals surface area contributed by atoms with Gasteiger partial charge in [0, 0.05) is 50.8 Å². The maximum atomic E-state index is 12.8. The van der Waals surface area contributed by atoms with Crippen molar-refractivity contribution in [3.63, 3.8) is 0 Å². The smallest absolute Gasteiger partial charge is 0.389 e. The van der Waals surface area contributed by atoms with Crippen molar-refractivity contribution in [3.8, 4) is 17.0 Å². The summed E-state index contributed by atoms with van der Waals surface area (Å²) in [4.78, 5) is 21.2. The maximum absolute atomic E-state index is 12.8. The van der Waals surface area contributed by atoms with Gasteiger partial charge in [-0.1, -0.05) is 6.07 Å². The zero-order valence-electron chi connectivity index (χ0n) is 21.4. The normalized spacial score (nSPS) is 22.1. The van der Waals surface area contributed by atoms with Gasteiger partial charge < -0.3 is 29.3 Å². The standard InChI is InChI=1S/C27H33F3N4O4/c1-18-2-3-21(31-26(35)34-6-4-19(16-34)15-27(28,29)30)14-23(18)20-12-24(33-7-10-36-11-8-33)32-25(13-20)38-22-5-9-37-17-22/h2-3,12-14,19,22H,4-11,15-17H2,1H3,(H,31,35)/t19?,22-/m1/s1. The van der Waals surface area contributed by atoms with Crippen LogP contribution in [0.3, 0.4) is 0 Å². The number of carbonyl (C=O) groups is 1. The number of urea groups is 1. The van der Waals surface area contributed by atoms with E-state index in [1.807, 2.05) is 31.2 Å². The molecule has 1 N–H and O–H groups in total. The molecule has 0 bridgehead atoms. The molecule has 0 radical (unpaired) electrons. The fourth-order valence-corrected chi connectivity index (χ4v) is 5.16. The van der Waals surface area contributed by atoms with Gasteiger partial charge in [-0.05, 0) is 54.2 Å². The third-order valence-electron chi connectivity index (χ3n) is 7.19. The lowest BCUT2D eigenvalue weighted by atomic mass is 10.00. The number of alkyl halides is 3. The van der Waals surface area contributed by atoms with Gasteiger partial charge in [0.2, 0.25) is 5.88 Å². The number of nitrogens with zero attached hydrogens (tertiary/aromatic N) is 3. The van der Waals surface area contributed by atoms with Crippen LogP contribution >= 0.6 is 0 Å². The molecule has 2 aromatic rings. The first-order valence-electron chi connectivity index (χ1n) is 13.1. The van der Waals surface area contributed by atoms with Gasteiger partial charge in [0.05, 0.1) is 26.4 Å². The van der Waals surface area contributed by atoms with E-state index in [2.05, 4.69) is 10.2 Å². The number of hydrogen-bond acceptors (Lipinski definition) is 6. The fraction of sp³-hybridized carbons (Fsp3) is 0.556. The van der Waals surface area contributed by atoms with Gasteiger partial charge in [0.1, 0.15) is 11.9 Å². The molecule has 1 aromatic heterocycles. The van der Waals surface area contributed by atoms with Crippen molar-refractivity contribution in [2.24, 2.45) is 5.92 Å².